The molecule has 1 heterocycles. The fourth-order valence-corrected chi connectivity index (χ4v) is 3.58. The molecule has 1 aromatic heterocycles. The average Bonchev–Trinajstić information content (AvgIpc) is 3.51. The number of aryl methyl sites for hydroxylation is 1. The lowest BCUT2D eigenvalue weighted by atomic mass is 10.2. The molecular weight excluding hydrogens is 432 g/mol. The number of para-hydroxylation sites is 2. The molecule has 0 spiro atoms. The first-order chi connectivity index (χ1) is 14.1. The summed E-state index contributed by atoms with van der Waals surface area (Å²) in [5, 5.41) is 5.92. The topological polar surface area (TPSA) is 76.0 Å². The number of carbonyl (C=O) groups excluding carboxylic acids is 2. The molecule has 0 saturated heterocycles. The predicted molar refractivity (Wildman–Crippen MR) is 117 cm³/mol. The van der Waals surface area contributed by atoms with Crippen LogP contribution in [-0.2, 0) is 22.6 Å². The van der Waals surface area contributed by atoms with Gasteiger partial charge in [0.25, 0.3) is 0 Å². The second kappa shape index (κ2) is 8.78. The van der Waals surface area contributed by atoms with Gasteiger partial charge in [0.1, 0.15) is 12.4 Å². The van der Waals surface area contributed by atoms with Crippen molar-refractivity contribution in [2.75, 3.05) is 11.9 Å². The number of rotatable bonds is 8. The normalized spacial score (nSPS) is 13.4. The Morgan fingerprint density at radius 1 is 1.10 bits per heavy atom. The van der Waals surface area contributed by atoms with Crippen LogP contribution in [-0.4, -0.2) is 27.9 Å². The van der Waals surface area contributed by atoms with Crippen LogP contribution in [0.4, 0.5) is 5.69 Å². The second-order valence-electron chi connectivity index (χ2n) is 7.33. The van der Waals surface area contributed by atoms with Gasteiger partial charge in [0.2, 0.25) is 11.8 Å². The Morgan fingerprint density at radius 2 is 1.86 bits per heavy atom. The van der Waals surface area contributed by atoms with Crippen molar-refractivity contribution in [2.45, 2.75) is 32.2 Å². The largest absolute Gasteiger partial charge is 0.356 e. The SMILES string of the molecule is O=C(Cn1c(CCCNC(=O)C2CC2)nc2ccccc21)Nc1ccc(Br)cc1. The number of hydrogen-bond acceptors (Lipinski definition) is 3. The second-order valence-corrected chi connectivity index (χ2v) is 8.24. The maximum atomic E-state index is 12.6. The number of nitrogens with zero attached hydrogens (tertiary/aromatic N) is 2. The van der Waals surface area contributed by atoms with Gasteiger partial charge in [-0.25, -0.2) is 4.98 Å². The molecule has 29 heavy (non-hydrogen) atoms. The highest BCUT2D eigenvalue weighted by molar-refractivity contribution is 9.10. The van der Waals surface area contributed by atoms with Gasteiger partial charge in [-0.1, -0.05) is 28.1 Å². The Balaban J connectivity index is 1.43. The van der Waals surface area contributed by atoms with Crippen LogP contribution in [0, 0.1) is 5.92 Å². The van der Waals surface area contributed by atoms with Crippen LogP contribution in [0.3, 0.4) is 0 Å². The summed E-state index contributed by atoms with van der Waals surface area (Å²) in [6, 6.07) is 15.3. The van der Waals surface area contributed by atoms with Crippen molar-refractivity contribution < 1.29 is 9.59 Å². The molecule has 7 heteroatoms. The number of benzene rings is 2. The summed E-state index contributed by atoms with van der Waals surface area (Å²) < 4.78 is 2.93. The Bertz CT molecular complexity index is 1020. The molecule has 1 aliphatic rings. The van der Waals surface area contributed by atoms with Crippen molar-refractivity contribution in [2.24, 2.45) is 5.92 Å². The molecule has 0 unspecified atom stereocenters. The van der Waals surface area contributed by atoms with E-state index in [1.807, 2.05) is 53.1 Å². The highest BCUT2D eigenvalue weighted by atomic mass is 79.9. The molecule has 0 atom stereocenters. The number of anilines is 1. The molecule has 6 nitrogen and oxygen atoms in total. The smallest absolute Gasteiger partial charge is 0.244 e. The predicted octanol–water partition coefficient (Wildman–Crippen LogP) is 3.90. The van der Waals surface area contributed by atoms with E-state index >= 15 is 0 Å². The Labute approximate surface area is 177 Å². The first-order valence-corrected chi connectivity index (χ1v) is 10.7. The molecule has 150 valence electrons. The van der Waals surface area contributed by atoms with E-state index in [-0.39, 0.29) is 24.3 Å². The molecule has 3 aromatic rings. The lowest BCUT2D eigenvalue weighted by molar-refractivity contribution is -0.122. The third kappa shape index (κ3) is 5.03. The number of aromatic nitrogens is 2. The molecule has 1 aliphatic carbocycles. The van der Waals surface area contributed by atoms with Gasteiger partial charge in [-0.15, -0.1) is 0 Å². The van der Waals surface area contributed by atoms with Crippen LogP contribution < -0.4 is 10.6 Å². The summed E-state index contributed by atoms with van der Waals surface area (Å²) in [6.07, 6.45) is 3.51. The van der Waals surface area contributed by atoms with Gasteiger partial charge in [-0.3, -0.25) is 9.59 Å². The van der Waals surface area contributed by atoms with Crippen LogP contribution in [0.5, 0.6) is 0 Å². The maximum Gasteiger partial charge on any atom is 0.244 e. The third-order valence-electron chi connectivity index (χ3n) is 4.99. The van der Waals surface area contributed by atoms with Gasteiger partial charge in [0, 0.05) is 29.0 Å². The number of nitrogens with one attached hydrogen (secondary N) is 2. The summed E-state index contributed by atoms with van der Waals surface area (Å²) in [7, 11) is 0. The van der Waals surface area contributed by atoms with E-state index in [1.165, 1.54) is 0 Å². The van der Waals surface area contributed by atoms with Crippen molar-refractivity contribution in [1.82, 2.24) is 14.9 Å². The quantitative estimate of drug-likeness (QED) is 0.506. The molecule has 0 radical (unpaired) electrons. The molecule has 2 amide bonds. The highest BCUT2D eigenvalue weighted by Gasteiger charge is 2.29. The minimum absolute atomic E-state index is 0.0984. The Hall–Kier alpha value is -2.67. The highest BCUT2D eigenvalue weighted by Crippen LogP contribution is 2.28. The van der Waals surface area contributed by atoms with Crippen molar-refractivity contribution >= 4 is 44.5 Å². The number of halogens is 1. The van der Waals surface area contributed by atoms with Gasteiger partial charge in [-0.05, 0) is 55.7 Å². The van der Waals surface area contributed by atoms with Crippen molar-refractivity contribution in [3.8, 4) is 0 Å². The molecule has 0 aliphatic heterocycles. The average molecular weight is 455 g/mol. The van der Waals surface area contributed by atoms with Gasteiger partial charge in [-0.2, -0.15) is 0 Å². The number of hydrogen-bond donors (Lipinski definition) is 2. The van der Waals surface area contributed by atoms with E-state index in [2.05, 4.69) is 26.6 Å². The third-order valence-corrected chi connectivity index (χ3v) is 5.52. The minimum Gasteiger partial charge on any atom is -0.356 e. The zero-order chi connectivity index (χ0) is 20.2. The van der Waals surface area contributed by atoms with E-state index < -0.39 is 0 Å². The van der Waals surface area contributed by atoms with Gasteiger partial charge >= 0.3 is 0 Å². The standard InChI is InChI=1S/C22H23BrN4O2/c23-16-9-11-17(12-10-16)25-21(28)14-27-19-5-2-1-4-18(19)26-20(27)6-3-13-24-22(29)15-7-8-15/h1-2,4-5,9-12,15H,3,6-8,13-14H2,(H,24,29)(H,25,28). The van der Waals surface area contributed by atoms with Crippen molar-refractivity contribution in [3.05, 3.63) is 58.8 Å². The molecule has 0 bridgehead atoms. The molecule has 2 N–H and O–H groups in total. The summed E-state index contributed by atoms with van der Waals surface area (Å²) >= 11 is 3.40. The maximum absolute atomic E-state index is 12.6. The first kappa shape index (κ1) is 19.6. The monoisotopic (exact) mass is 454 g/mol. The van der Waals surface area contributed by atoms with Crippen LogP contribution in [0.2, 0.25) is 0 Å². The number of imidazole rings is 1. The fourth-order valence-electron chi connectivity index (χ4n) is 3.32. The van der Waals surface area contributed by atoms with Crippen LogP contribution in [0.25, 0.3) is 11.0 Å². The summed E-state index contributed by atoms with van der Waals surface area (Å²) in [5.74, 6) is 1.14. The summed E-state index contributed by atoms with van der Waals surface area (Å²) in [5.41, 5.74) is 2.57. The zero-order valence-corrected chi connectivity index (χ0v) is 17.6. The number of carbonyl (C=O) groups is 2. The summed E-state index contributed by atoms with van der Waals surface area (Å²) in [4.78, 5) is 29.1. The summed E-state index contributed by atoms with van der Waals surface area (Å²) in [6.45, 7) is 0.823. The van der Waals surface area contributed by atoms with E-state index in [9.17, 15) is 9.59 Å². The molecule has 1 fully saturated rings. The van der Waals surface area contributed by atoms with E-state index in [4.69, 9.17) is 4.98 Å². The fraction of sp³-hybridized carbons (Fsp3) is 0.318. The number of amides is 2. The van der Waals surface area contributed by atoms with Crippen molar-refractivity contribution in [3.63, 3.8) is 0 Å². The lowest BCUT2D eigenvalue weighted by Gasteiger charge is -2.11. The minimum atomic E-state index is -0.0984. The van der Waals surface area contributed by atoms with Crippen LogP contribution in [0.15, 0.2) is 53.0 Å². The molecule has 2 aromatic carbocycles. The Kier molecular flexibility index (Phi) is 5.94. The van der Waals surface area contributed by atoms with Gasteiger partial charge in [0.05, 0.1) is 11.0 Å². The zero-order valence-electron chi connectivity index (χ0n) is 16.0. The molecule has 1 saturated carbocycles. The van der Waals surface area contributed by atoms with Crippen molar-refractivity contribution in [1.29, 1.82) is 0 Å². The van der Waals surface area contributed by atoms with E-state index in [0.29, 0.717) is 13.0 Å². The van der Waals surface area contributed by atoms with Crippen LogP contribution in [0.1, 0.15) is 25.1 Å². The molecule has 4 rings (SSSR count). The van der Waals surface area contributed by atoms with Crippen LogP contribution >= 0.6 is 15.9 Å². The lowest BCUT2D eigenvalue weighted by Crippen LogP contribution is -2.26. The van der Waals surface area contributed by atoms with E-state index in [0.717, 1.165) is 46.3 Å². The number of fused-ring (bicyclic) bond motifs is 1. The van der Waals surface area contributed by atoms with Gasteiger partial charge < -0.3 is 15.2 Å². The van der Waals surface area contributed by atoms with E-state index in [1.54, 1.807) is 0 Å². The van der Waals surface area contributed by atoms with Gasteiger partial charge in [0.15, 0.2) is 0 Å². The molecular formula is C22H23BrN4O2. The first-order valence-electron chi connectivity index (χ1n) is 9.87. The Morgan fingerprint density at radius 3 is 2.62 bits per heavy atom.